The zero-order chi connectivity index (χ0) is 18.8. The summed E-state index contributed by atoms with van der Waals surface area (Å²) in [6.45, 7) is 1.94. The van der Waals surface area contributed by atoms with Crippen molar-refractivity contribution < 1.29 is 4.79 Å². The number of thioether (sulfide) groups is 1. The molecule has 0 spiro atoms. The molecule has 0 aliphatic carbocycles. The van der Waals surface area contributed by atoms with E-state index in [4.69, 9.17) is 5.73 Å². The highest BCUT2D eigenvalue weighted by Gasteiger charge is 2.33. The Hall–Kier alpha value is -3.06. The van der Waals surface area contributed by atoms with Crippen LogP contribution in [0.4, 0.5) is 22.9 Å². The monoisotopic (exact) mass is 377 g/mol. The van der Waals surface area contributed by atoms with E-state index in [0.717, 1.165) is 33.3 Å². The summed E-state index contributed by atoms with van der Waals surface area (Å²) in [5.74, 6) is 0.945. The number of rotatable bonds is 4. The van der Waals surface area contributed by atoms with E-state index in [1.54, 1.807) is 17.8 Å². The summed E-state index contributed by atoms with van der Waals surface area (Å²) < 4.78 is 0. The van der Waals surface area contributed by atoms with Crippen molar-refractivity contribution in [1.29, 1.82) is 0 Å². The third-order valence-corrected chi connectivity index (χ3v) is 5.62. The van der Waals surface area contributed by atoms with Crippen molar-refractivity contribution in [1.82, 2.24) is 9.97 Å². The van der Waals surface area contributed by atoms with E-state index >= 15 is 0 Å². The number of carbonyl (C=O) groups is 1. The highest BCUT2D eigenvalue weighted by atomic mass is 32.2. The molecule has 6 nitrogen and oxygen atoms in total. The molecule has 1 amide bonds. The molecule has 4 rings (SSSR count). The molecule has 1 aliphatic heterocycles. The molecule has 0 fully saturated rings. The Balaban J connectivity index is 1.57. The Morgan fingerprint density at radius 3 is 2.81 bits per heavy atom. The zero-order valence-electron chi connectivity index (χ0n) is 14.8. The van der Waals surface area contributed by atoms with Gasteiger partial charge in [0.15, 0.2) is 0 Å². The lowest BCUT2D eigenvalue weighted by Gasteiger charge is -2.14. The molecule has 3 aromatic rings. The second kappa shape index (κ2) is 7.28. The lowest BCUT2D eigenvalue weighted by atomic mass is 10.1. The summed E-state index contributed by atoms with van der Waals surface area (Å²) in [7, 11) is 0. The molecular formula is C20H19N5OS. The van der Waals surface area contributed by atoms with E-state index in [9.17, 15) is 4.79 Å². The van der Waals surface area contributed by atoms with Crippen LogP contribution in [0, 0.1) is 6.92 Å². The van der Waals surface area contributed by atoms with E-state index in [1.807, 2.05) is 49.4 Å². The number of aryl methyl sites for hydroxylation is 1. The van der Waals surface area contributed by atoms with E-state index in [-0.39, 0.29) is 11.8 Å². The minimum atomic E-state index is -0.329. The first-order valence-corrected chi connectivity index (χ1v) is 9.57. The Kier molecular flexibility index (Phi) is 4.68. The van der Waals surface area contributed by atoms with Crippen LogP contribution in [0.2, 0.25) is 0 Å². The topological polar surface area (TPSA) is 92.9 Å². The van der Waals surface area contributed by atoms with Crippen molar-refractivity contribution >= 4 is 40.5 Å². The number of aromatic nitrogens is 2. The molecule has 0 saturated carbocycles. The van der Waals surface area contributed by atoms with Crippen molar-refractivity contribution in [2.24, 2.45) is 0 Å². The maximum Gasteiger partial charge on any atom is 0.234 e. The van der Waals surface area contributed by atoms with Crippen LogP contribution in [0.25, 0.3) is 0 Å². The van der Waals surface area contributed by atoms with Gasteiger partial charge in [-0.1, -0.05) is 24.3 Å². The lowest BCUT2D eigenvalue weighted by Crippen LogP contribution is -2.22. The molecular weight excluding hydrogens is 358 g/mol. The molecule has 2 heterocycles. The lowest BCUT2D eigenvalue weighted by molar-refractivity contribution is -0.117. The first-order chi connectivity index (χ1) is 13.1. The largest absolute Gasteiger partial charge is 0.399 e. The normalized spacial score (nSPS) is 15.2. The van der Waals surface area contributed by atoms with Crippen LogP contribution < -0.4 is 16.4 Å². The first-order valence-electron chi connectivity index (χ1n) is 8.58. The average Bonchev–Trinajstić information content (AvgIpc) is 3.11. The number of nitrogens with zero attached hydrogens (tertiary/aromatic N) is 2. The molecule has 136 valence electrons. The molecule has 0 bridgehead atoms. The van der Waals surface area contributed by atoms with Gasteiger partial charge in [0.05, 0.1) is 16.5 Å². The van der Waals surface area contributed by atoms with E-state index < -0.39 is 0 Å². The standard InChI is InChI=1S/C20H19N5OS/c1-12-7-8-13(21)9-16(12)25-20(26)15-10-27-18-17(15)22-11-23-19(18)24-14-5-3-2-4-6-14/h2-9,11,15H,10,21H2,1H3,(H,25,26)(H,22,23,24). The summed E-state index contributed by atoms with van der Waals surface area (Å²) in [5.41, 5.74) is 9.87. The molecule has 0 radical (unpaired) electrons. The van der Waals surface area contributed by atoms with E-state index in [1.165, 1.54) is 6.33 Å². The fourth-order valence-electron chi connectivity index (χ4n) is 2.96. The number of carbonyl (C=O) groups excluding carboxylic acids is 1. The quantitative estimate of drug-likeness (QED) is 0.597. The number of para-hydroxylation sites is 1. The summed E-state index contributed by atoms with van der Waals surface area (Å²) in [5, 5.41) is 6.30. The van der Waals surface area contributed by atoms with Gasteiger partial charge in [0.1, 0.15) is 12.1 Å². The Morgan fingerprint density at radius 2 is 2.00 bits per heavy atom. The minimum absolute atomic E-state index is 0.0840. The van der Waals surface area contributed by atoms with Gasteiger partial charge in [-0.2, -0.15) is 0 Å². The van der Waals surface area contributed by atoms with Crippen LogP contribution in [0.15, 0.2) is 59.8 Å². The minimum Gasteiger partial charge on any atom is -0.399 e. The van der Waals surface area contributed by atoms with Gasteiger partial charge in [0.25, 0.3) is 0 Å². The molecule has 7 heteroatoms. The number of amides is 1. The number of benzene rings is 2. The summed E-state index contributed by atoms with van der Waals surface area (Å²) in [6.07, 6.45) is 1.50. The van der Waals surface area contributed by atoms with Gasteiger partial charge < -0.3 is 16.4 Å². The number of nitrogen functional groups attached to an aromatic ring is 1. The van der Waals surface area contributed by atoms with Crippen LogP contribution >= 0.6 is 11.8 Å². The Labute approximate surface area is 161 Å². The predicted molar refractivity (Wildman–Crippen MR) is 109 cm³/mol. The van der Waals surface area contributed by atoms with Gasteiger partial charge in [-0.25, -0.2) is 9.97 Å². The zero-order valence-corrected chi connectivity index (χ0v) is 15.6. The van der Waals surface area contributed by atoms with Crippen molar-refractivity contribution in [3.63, 3.8) is 0 Å². The summed E-state index contributed by atoms with van der Waals surface area (Å²) >= 11 is 1.60. The first kappa shape index (κ1) is 17.4. The van der Waals surface area contributed by atoms with Crippen LogP contribution in [-0.2, 0) is 4.79 Å². The molecule has 1 atom stereocenters. The maximum atomic E-state index is 12.9. The maximum absolute atomic E-state index is 12.9. The second-order valence-electron chi connectivity index (χ2n) is 6.35. The number of anilines is 4. The average molecular weight is 377 g/mol. The number of hydrogen-bond donors (Lipinski definition) is 3. The van der Waals surface area contributed by atoms with Crippen LogP contribution in [0.1, 0.15) is 17.2 Å². The Bertz CT molecular complexity index is 993. The van der Waals surface area contributed by atoms with Gasteiger partial charge in [-0.3, -0.25) is 4.79 Å². The van der Waals surface area contributed by atoms with Crippen molar-refractivity contribution in [3.05, 3.63) is 66.1 Å². The summed E-state index contributed by atoms with van der Waals surface area (Å²) in [6, 6.07) is 15.3. The van der Waals surface area contributed by atoms with Crippen molar-refractivity contribution in [2.75, 3.05) is 22.1 Å². The SMILES string of the molecule is Cc1ccc(N)cc1NC(=O)C1CSc2c(Nc3ccccc3)ncnc21. The number of fused-ring (bicyclic) bond motifs is 1. The van der Waals surface area contributed by atoms with Crippen LogP contribution in [0.3, 0.4) is 0 Å². The predicted octanol–water partition coefficient (Wildman–Crippen LogP) is 3.94. The highest BCUT2D eigenvalue weighted by Crippen LogP contribution is 2.43. The fraction of sp³-hybridized carbons (Fsp3) is 0.150. The molecule has 1 aromatic heterocycles. The third kappa shape index (κ3) is 3.59. The fourth-order valence-corrected chi connectivity index (χ4v) is 4.19. The van der Waals surface area contributed by atoms with Gasteiger partial charge in [-0.05, 0) is 36.8 Å². The number of nitrogens with two attached hydrogens (primary N) is 1. The molecule has 1 unspecified atom stereocenters. The molecule has 1 aliphatic rings. The molecule has 27 heavy (non-hydrogen) atoms. The van der Waals surface area contributed by atoms with Gasteiger partial charge in [0.2, 0.25) is 5.91 Å². The summed E-state index contributed by atoms with van der Waals surface area (Å²) in [4.78, 5) is 22.5. The Morgan fingerprint density at radius 1 is 1.19 bits per heavy atom. The smallest absolute Gasteiger partial charge is 0.234 e. The van der Waals surface area contributed by atoms with Crippen molar-refractivity contribution in [2.45, 2.75) is 17.7 Å². The van der Waals surface area contributed by atoms with Gasteiger partial charge in [-0.15, -0.1) is 11.8 Å². The molecule has 4 N–H and O–H groups in total. The van der Waals surface area contributed by atoms with Crippen LogP contribution in [0.5, 0.6) is 0 Å². The van der Waals surface area contributed by atoms with Crippen molar-refractivity contribution in [3.8, 4) is 0 Å². The second-order valence-corrected chi connectivity index (χ2v) is 7.39. The van der Waals surface area contributed by atoms with Crippen LogP contribution in [-0.4, -0.2) is 21.6 Å². The molecule has 0 saturated heterocycles. The van der Waals surface area contributed by atoms with Gasteiger partial charge >= 0.3 is 0 Å². The number of nitrogens with one attached hydrogen (secondary N) is 2. The van der Waals surface area contributed by atoms with Gasteiger partial charge in [0, 0.05) is 22.8 Å². The van der Waals surface area contributed by atoms with E-state index in [2.05, 4.69) is 20.6 Å². The third-order valence-electron chi connectivity index (χ3n) is 4.43. The van der Waals surface area contributed by atoms with E-state index in [0.29, 0.717) is 11.4 Å². The molecule has 2 aromatic carbocycles. The number of hydrogen-bond acceptors (Lipinski definition) is 6. The highest BCUT2D eigenvalue weighted by molar-refractivity contribution is 7.99.